The molecule has 2 N–H and O–H groups in total. The normalized spacial score (nSPS) is 23.9. The number of benzene rings is 1. The van der Waals surface area contributed by atoms with Gasteiger partial charge in [0.15, 0.2) is 17.0 Å². The van der Waals surface area contributed by atoms with Crippen LogP contribution in [-0.4, -0.2) is 70.1 Å². The number of fused-ring (bicyclic) bond motifs is 1. The van der Waals surface area contributed by atoms with Crippen molar-refractivity contribution in [3.63, 3.8) is 0 Å². The number of amidine groups is 1. The minimum atomic E-state index is -0.868. The van der Waals surface area contributed by atoms with Gasteiger partial charge in [0.2, 0.25) is 0 Å². The smallest absolute Gasteiger partial charge is 0.325 e. The van der Waals surface area contributed by atoms with Crippen LogP contribution in [0.15, 0.2) is 29.3 Å². The highest BCUT2D eigenvalue weighted by Gasteiger charge is 2.48. The van der Waals surface area contributed by atoms with E-state index in [0.29, 0.717) is 15.5 Å². The number of halogens is 2. The summed E-state index contributed by atoms with van der Waals surface area (Å²) in [5.41, 5.74) is 0. The second-order valence-corrected chi connectivity index (χ2v) is 6.88. The zero-order valence-electron chi connectivity index (χ0n) is 13.2. The SMILES string of the molecule is CN1C(=O)NC(=O)C2C1N=C(Br)N2CC(O)COc1ccc(Cl)cc1. The lowest BCUT2D eigenvalue weighted by Gasteiger charge is -2.36. The van der Waals surface area contributed by atoms with Gasteiger partial charge in [-0.25, -0.2) is 9.79 Å². The summed E-state index contributed by atoms with van der Waals surface area (Å²) < 4.78 is 5.92. The van der Waals surface area contributed by atoms with E-state index in [4.69, 9.17) is 16.3 Å². The lowest BCUT2D eigenvalue weighted by Crippen LogP contribution is -2.64. The van der Waals surface area contributed by atoms with Gasteiger partial charge in [-0.15, -0.1) is 0 Å². The van der Waals surface area contributed by atoms with Gasteiger partial charge >= 0.3 is 6.03 Å². The quantitative estimate of drug-likeness (QED) is 0.679. The zero-order chi connectivity index (χ0) is 18.1. The third-order valence-corrected chi connectivity index (χ3v) is 4.89. The van der Waals surface area contributed by atoms with Crippen LogP contribution >= 0.6 is 27.5 Å². The van der Waals surface area contributed by atoms with Crippen molar-refractivity contribution in [1.82, 2.24) is 15.1 Å². The number of urea groups is 1. The first-order valence-electron chi connectivity index (χ1n) is 7.51. The number of carbonyl (C=O) groups excluding carboxylic acids is 2. The van der Waals surface area contributed by atoms with Gasteiger partial charge in [0.1, 0.15) is 18.5 Å². The van der Waals surface area contributed by atoms with E-state index in [1.807, 2.05) is 0 Å². The molecule has 25 heavy (non-hydrogen) atoms. The van der Waals surface area contributed by atoms with E-state index in [9.17, 15) is 14.7 Å². The van der Waals surface area contributed by atoms with Crippen LogP contribution in [0.4, 0.5) is 4.79 Å². The Morgan fingerprint density at radius 2 is 2.08 bits per heavy atom. The van der Waals surface area contributed by atoms with Gasteiger partial charge in [-0.05, 0) is 40.2 Å². The van der Waals surface area contributed by atoms with E-state index < -0.39 is 30.2 Å². The number of hydrogen-bond acceptors (Lipinski definition) is 6. The molecule has 3 unspecified atom stereocenters. The number of hydrogen-bond donors (Lipinski definition) is 2. The fraction of sp³-hybridized carbons (Fsp3) is 0.400. The zero-order valence-corrected chi connectivity index (χ0v) is 15.6. The molecule has 3 rings (SSSR count). The Morgan fingerprint density at radius 1 is 1.40 bits per heavy atom. The Kier molecular flexibility index (Phi) is 5.16. The van der Waals surface area contributed by atoms with Crippen LogP contribution in [0.1, 0.15) is 0 Å². The molecule has 8 nitrogen and oxygen atoms in total. The fourth-order valence-electron chi connectivity index (χ4n) is 2.68. The highest BCUT2D eigenvalue weighted by atomic mass is 79.9. The summed E-state index contributed by atoms with van der Waals surface area (Å²) in [4.78, 5) is 31.1. The average Bonchev–Trinajstić information content (AvgIpc) is 2.89. The number of amides is 3. The summed E-state index contributed by atoms with van der Waals surface area (Å²) in [6.45, 7) is 0.153. The predicted octanol–water partition coefficient (Wildman–Crippen LogP) is 1.02. The van der Waals surface area contributed by atoms with Crippen molar-refractivity contribution >= 4 is 44.2 Å². The summed E-state index contributed by atoms with van der Waals surface area (Å²) in [5.74, 6) is 0.133. The Labute approximate surface area is 157 Å². The van der Waals surface area contributed by atoms with E-state index in [0.717, 1.165) is 0 Å². The molecule has 1 saturated heterocycles. The topological polar surface area (TPSA) is 94.5 Å². The van der Waals surface area contributed by atoms with Crippen molar-refractivity contribution in [2.45, 2.75) is 18.3 Å². The molecule has 10 heteroatoms. The van der Waals surface area contributed by atoms with E-state index >= 15 is 0 Å². The van der Waals surface area contributed by atoms with Gasteiger partial charge in [0.05, 0.1) is 6.54 Å². The van der Waals surface area contributed by atoms with E-state index in [-0.39, 0.29) is 13.2 Å². The lowest BCUT2D eigenvalue weighted by atomic mass is 10.1. The van der Waals surface area contributed by atoms with Crippen LogP contribution in [0, 0.1) is 0 Å². The van der Waals surface area contributed by atoms with Crippen molar-refractivity contribution < 1.29 is 19.4 Å². The van der Waals surface area contributed by atoms with Gasteiger partial charge in [-0.1, -0.05) is 11.6 Å². The molecule has 0 radical (unpaired) electrons. The lowest BCUT2D eigenvalue weighted by molar-refractivity contribution is -0.127. The highest BCUT2D eigenvalue weighted by molar-refractivity contribution is 9.18. The summed E-state index contributed by atoms with van der Waals surface area (Å²) in [6.07, 6.45) is -1.49. The highest BCUT2D eigenvalue weighted by Crippen LogP contribution is 2.26. The first-order valence-corrected chi connectivity index (χ1v) is 8.68. The maximum absolute atomic E-state index is 12.2. The second-order valence-electron chi connectivity index (χ2n) is 5.73. The molecule has 2 heterocycles. The predicted molar refractivity (Wildman–Crippen MR) is 94.9 cm³/mol. The average molecular weight is 432 g/mol. The van der Waals surface area contributed by atoms with Crippen molar-refractivity contribution in [2.24, 2.45) is 4.99 Å². The van der Waals surface area contributed by atoms with Crippen LogP contribution in [-0.2, 0) is 4.79 Å². The standard InChI is InChI=1S/C15H16BrClN4O4/c1-20-12-11(13(23)19-15(20)24)21(14(16)18-12)6-9(22)7-25-10-4-2-8(17)3-5-10/h2-5,9,11-12,22H,6-7H2,1H3,(H,19,23,24). The summed E-state index contributed by atoms with van der Waals surface area (Å²) >= 11 is 9.10. The second kappa shape index (κ2) is 7.19. The molecule has 2 aliphatic heterocycles. The third-order valence-electron chi connectivity index (χ3n) is 3.97. The molecule has 0 bridgehead atoms. The number of carbonyl (C=O) groups is 2. The minimum absolute atomic E-state index is 0.0339. The van der Waals surface area contributed by atoms with Crippen LogP contribution in [0.2, 0.25) is 5.02 Å². The molecule has 0 aromatic heterocycles. The monoisotopic (exact) mass is 430 g/mol. The van der Waals surface area contributed by atoms with Crippen LogP contribution < -0.4 is 10.1 Å². The van der Waals surface area contributed by atoms with Crippen molar-refractivity contribution in [1.29, 1.82) is 0 Å². The van der Waals surface area contributed by atoms with Crippen molar-refractivity contribution in [3.05, 3.63) is 29.3 Å². The summed E-state index contributed by atoms with van der Waals surface area (Å²) in [7, 11) is 1.56. The molecule has 134 valence electrons. The summed E-state index contributed by atoms with van der Waals surface area (Å²) in [5, 5.41) is 13.1. The van der Waals surface area contributed by atoms with Gasteiger partial charge < -0.3 is 19.6 Å². The molecule has 0 saturated carbocycles. The molecule has 0 spiro atoms. The molecule has 1 aromatic carbocycles. The van der Waals surface area contributed by atoms with Gasteiger partial charge in [-0.2, -0.15) is 0 Å². The van der Waals surface area contributed by atoms with Crippen molar-refractivity contribution in [2.75, 3.05) is 20.2 Å². The molecule has 3 atom stereocenters. The molecule has 0 aliphatic carbocycles. The number of aliphatic hydroxyl groups is 1. The Morgan fingerprint density at radius 3 is 2.76 bits per heavy atom. The number of imide groups is 1. The molecule has 2 aliphatic rings. The largest absolute Gasteiger partial charge is 0.491 e. The summed E-state index contributed by atoms with van der Waals surface area (Å²) in [6, 6.07) is 5.60. The van der Waals surface area contributed by atoms with Crippen LogP contribution in [0.25, 0.3) is 0 Å². The Balaban J connectivity index is 1.61. The molecule has 1 fully saturated rings. The number of β-amino-alcohol motifs (C(OH)–C–C–N with tert-alkyl or cyclic N) is 1. The van der Waals surface area contributed by atoms with E-state index in [1.165, 1.54) is 4.90 Å². The van der Waals surface area contributed by atoms with Gasteiger partial charge in [-0.3, -0.25) is 10.1 Å². The molecular weight excluding hydrogens is 416 g/mol. The minimum Gasteiger partial charge on any atom is -0.491 e. The maximum Gasteiger partial charge on any atom is 0.325 e. The number of nitrogens with zero attached hydrogens (tertiary/aromatic N) is 3. The number of ether oxygens (including phenoxy) is 1. The maximum atomic E-state index is 12.2. The number of rotatable bonds is 5. The van der Waals surface area contributed by atoms with Crippen LogP contribution in [0.5, 0.6) is 5.75 Å². The Bertz CT molecular complexity index is 714. The molecule has 1 aromatic rings. The first-order chi connectivity index (χ1) is 11.9. The number of nitrogens with one attached hydrogen (secondary N) is 1. The number of aliphatic imine (C=N–C) groups is 1. The van der Waals surface area contributed by atoms with Crippen molar-refractivity contribution in [3.8, 4) is 5.75 Å². The number of aliphatic hydroxyl groups excluding tert-OH is 1. The molecular formula is C15H16BrClN4O4. The third kappa shape index (κ3) is 3.73. The number of likely N-dealkylation sites (N-methyl/N-ethyl adjacent to an activating group) is 1. The van der Waals surface area contributed by atoms with Gasteiger partial charge in [0, 0.05) is 12.1 Å². The van der Waals surface area contributed by atoms with Crippen LogP contribution in [0.3, 0.4) is 0 Å². The van der Waals surface area contributed by atoms with Gasteiger partial charge in [0.25, 0.3) is 5.91 Å². The molecule has 3 amide bonds. The van der Waals surface area contributed by atoms with E-state index in [1.54, 1.807) is 36.2 Å². The van der Waals surface area contributed by atoms with E-state index in [2.05, 4.69) is 26.2 Å². The fourth-order valence-corrected chi connectivity index (χ4v) is 3.39. The first kappa shape index (κ1) is 18.0. The Hall–Kier alpha value is -1.84.